The van der Waals surface area contributed by atoms with E-state index < -0.39 is 6.17 Å². The number of likely N-dealkylation sites (tertiary alicyclic amines) is 1. The highest BCUT2D eigenvalue weighted by atomic mass is 19.1. The van der Waals surface area contributed by atoms with Crippen LogP contribution in [0.2, 0.25) is 0 Å². The summed E-state index contributed by atoms with van der Waals surface area (Å²) in [6.07, 6.45) is 11.9. The fourth-order valence-electron chi connectivity index (χ4n) is 7.52. The van der Waals surface area contributed by atoms with Gasteiger partial charge in [-0.15, -0.1) is 0 Å². The lowest BCUT2D eigenvalue weighted by Gasteiger charge is -2.44. The van der Waals surface area contributed by atoms with Crippen molar-refractivity contribution in [1.82, 2.24) is 15.1 Å². The summed E-state index contributed by atoms with van der Waals surface area (Å²) < 4.78 is 13.7. The summed E-state index contributed by atoms with van der Waals surface area (Å²) in [5.74, 6) is 1.99. The number of alkyl halides is 1. The highest BCUT2D eigenvalue weighted by molar-refractivity contribution is 6.03. The van der Waals surface area contributed by atoms with Gasteiger partial charge in [0.2, 0.25) is 0 Å². The Bertz CT molecular complexity index is 994. The van der Waals surface area contributed by atoms with Gasteiger partial charge in [0.1, 0.15) is 12.5 Å². The first-order valence-corrected chi connectivity index (χ1v) is 14.9. The minimum atomic E-state index is -0.674. The van der Waals surface area contributed by atoms with Crippen LogP contribution in [0.25, 0.3) is 0 Å². The van der Waals surface area contributed by atoms with E-state index in [0.29, 0.717) is 49.7 Å². The summed E-state index contributed by atoms with van der Waals surface area (Å²) in [4.78, 5) is 34.6. The number of carbonyl (C=O) groups is 2. The van der Waals surface area contributed by atoms with Gasteiger partial charge in [-0.05, 0) is 82.1 Å². The van der Waals surface area contributed by atoms with Gasteiger partial charge in [0, 0.05) is 74.0 Å². The molecule has 0 radical (unpaired) electrons. The molecule has 0 bridgehead atoms. The van der Waals surface area contributed by atoms with Crippen LogP contribution >= 0.6 is 0 Å². The molecule has 0 aromatic heterocycles. The van der Waals surface area contributed by atoms with Crippen molar-refractivity contribution in [3.8, 4) is 0 Å². The number of hydrogen-bond acceptors (Lipinski definition) is 5. The first-order valence-electron chi connectivity index (χ1n) is 14.9. The second-order valence-electron chi connectivity index (χ2n) is 12.5. The molecule has 6 rings (SSSR count). The Kier molecular flexibility index (Phi) is 7.26. The van der Waals surface area contributed by atoms with E-state index >= 15 is 0 Å². The van der Waals surface area contributed by atoms with Crippen molar-refractivity contribution in [2.45, 2.75) is 89.4 Å². The van der Waals surface area contributed by atoms with Gasteiger partial charge in [-0.2, -0.15) is 0 Å². The fraction of sp³-hybridized carbons (Fsp3) is 0.767. The summed E-state index contributed by atoms with van der Waals surface area (Å²) in [6, 6.07) is 0.616. The highest BCUT2D eigenvalue weighted by Crippen LogP contribution is 2.46. The van der Waals surface area contributed by atoms with Crippen LogP contribution < -0.4 is 5.32 Å². The monoisotopic (exact) mass is 510 g/mol. The van der Waals surface area contributed by atoms with Crippen LogP contribution in [0.1, 0.15) is 71.1 Å². The van der Waals surface area contributed by atoms with Gasteiger partial charge in [0.15, 0.2) is 0 Å². The largest absolute Gasteiger partial charge is 0.387 e. The molecule has 7 heteroatoms. The number of aldehydes is 1. The summed E-state index contributed by atoms with van der Waals surface area (Å²) in [5, 5.41) is 3.34. The average Bonchev–Trinajstić information content (AvgIpc) is 3.76. The van der Waals surface area contributed by atoms with Crippen molar-refractivity contribution < 1.29 is 14.0 Å². The van der Waals surface area contributed by atoms with Crippen molar-refractivity contribution >= 4 is 17.9 Å². The Morgan fingerprint density at radius 3 is 2.65 bits per heavy atom. The van der Waals surface area contributed by atoms with Gasteiger partial charge in [-0.3, -0.25) is 9.79 Å². The maximum atomic E-state index is 13.7. The van der Waals surface area contributed by atoms with Crippen LogP contribution in [0.4, 0.5) is 4.39 Å². The van der Waals surface area contributed by atoms with E-state index in [1.807, 2.05) is 0 Å². The van der Waals surface area contributed by atoms with E-state index in [2.05, 4.69) is 28.1 Å². The maximum Gasteiger partial charge on any atom is 0.251 e. The van der Waals surface area contributed by atoms with Crippen LogP contribution in [-0.2, 0) is 9.59 Å². The Morgan fingerprint density at radius 2 is 1.95 bits per heavy atom. The van der Waals surface area contributed by atoms with Gasteiger partial charge in [-0.1, -0.05) is 6.08 Å². The number of rotatable bonds is 6. The lowest BCUT2D eigenvalue weighted by atomic mass is 9.76. The molecule has 0 aromatic carbocycles. The van der Waals surface area contributed by atoms with Crippen LogP contribution in [-0.4, -0.2) is 78.7 Å². The zero-order chi connectivity index (χ0) is 25.5. The number of amides is 1. The third-order valence-electron chi connectivity index (χ3n) is 10.0. The molecule has 1 saturated heterocycles. The molecular weight excluding hydrogens is 467 g/mol. The van der Waals surface area contributed by atoms with E-state index in [1.54, 1.807) is 0 Å². The number of nitrogens with one attached hydrogen (secondary N) is 1. The average molecular weight is 511 g/mol. The zero-order valence-electron chi connectivity index (χ0n) is 22.3. The molecule has 6 aliphatic rings. The maximum absolute atomic E-state index is 13.7. The highest BCUT2D eigenvalue weighted by Gasteiger charge is 2.42. The molecule has 6 nitrogen and oxygen atoms in total. The van der Waals surface area contributed by atoms with Crippen LogP contribution in [0.3, 0.4) is 0 Å². The summed E-state index contributed by atoms with van der Waals surface area (Å²) >= 11 is 0. The molecule has 1 saturated carbocycles. The smallest absolute Gasteiger partial charge is 0.251 e. The van der Waals surface area contributed by atoms with Crippen molar-refractivity contribution in [3.63, 3.8) is 0 Å². The summed E-state index contributed by atoms with van der Waals surface area (Å²) in [6.45, 7) is 6.90. The quantitative estimate of drug-likeness (QED) is 0.547. The normalized spacial score (nSPS) is 36.0. The van der Waals surface area contributed by atoms with E-state index in [9.17, 15) is 14.0 Å². The van der Waals surface area contributed by atoms with Gasteiger partial charge >= 0.3 is 0 Å². The number of halogens is 1. The zero-order valence-corrected chi connectivity index (χ0v) is 22.3. The molecule has 2 fully saturated rings. The van der Waals surface area contributed by atoms with Crippen molar-refractivity contribution in [2.24, 2.45) is 28.7 Å². The van der Waals surface area contributed by atoms with Gasteiger partial charge < -0.3 is 19.9 Å². The van der Waals surface area contributed by atoms with E-state index in [4.69, 9.17) is 4.99 Å². The molecule has 0 spiro atoms. The SMILES string of the molecule is CC1N=C(C2=CC[C@H](F)CC2)[C@@H](C2CC2)C[C@H]1CN1CCC(N2CCC3=C(CC(C=O)CN3)C2=O)CC1. The molecule has 4 aliphatic heterocycles. The number of allylic oxidation sites excluding steroid dienone is 2. The number of aliphatic imine (C=N–C) groups is 1. The first kappa shape index (κ1) is 25.3. The predicted octanol–water partition coefficient (Wildman–Crippen LogP) is 4.07. The lowest BCUT2D eigenvalue weighted by Crippen LogP contribution is -2.52. The molecule has 202 valence electrons. The molecular formula is C30H43FN4O2. The third kappa shape index (κ3) is 5.30. The van der Waals surface area contributed by atoms with Crippen molar-refractivity contribution in [1.29, 1.82) is 0 Å². The van der Waals surface area contributed by atoms with E-state index in [0.717, 1.165) is 75.3 Å². The molecule has 1 N–H and O–H groups in total. The summed E-state index contributed by atoms with van der Waals surface area (Å²) in [5.41, 5.74) is 4.59. The predicted molar refractivity (Wildman–Crippen MR) is 143 cm³/mol. The Hall–Kier alpha value is -2.02. The first-order chi connectivity index (χ1) is 18.0. The van der Waals surface area contributed by atoms with Crippen LogP contribution in [0, 0.1) is 23.7 Å². The van der Waals surface area contributed by atoms with Gasteiger partial charge in [-0.25, -0.2) is 4.39 Å². The van der Waals surface area contributed by atoms with Gasteiger partial charge in [0.25, 0.3) is 5.91 Å². The number of carbonyl (C=O) groups excluding carboxylic acids is 2. The Balaban J connectivity index is 1.05. The minimum Gasteiger partial charge on any atom is -0.387 e. The second kappa shape index (κ2) is 10.6. The van der Waals surface area contributed by atoms with Crippen LogP contribution in [0.15, 0.2) is 27.9 Å². The molecule has 37 heavy (non-hydrogen) atoms. The lowest BCUT2D eigenvalue weighted by molar-refractivity contribution is -0.131. The number of hydrogen-bond donors (Lipinski definition) is 1. The van der Waals surface area contributed by atoms with E-state index in [1.165, 1.54) is 30.5 Å². The van der Waals surface area contributed by atoms with Crippen molar-refractivity contribution in [2.75, 3.05) is 32.7 Å². The Morgan fingerprint density at radius 1 is 1.14 bits per heavy atom. The van der Waals surface area contributed by atoms with Crippen molar-refractivity contribution in [3.05, 3.63) is 22.9 Å². The molecule has 0 aromatic rings. The molecule has 4 heterocycles. The molecule has 1 amide bonds. The van der Waals surface area contributed by atoms with E-state index in [-0.39, 0.29) is 11.8 Å². The molecule has 5 atom stereocenters. The topological polar surface area (TPSA) is 65.0 Å². The van der Waals surface area contributed by atoms with Gasteiger partial charge in [0.05, 0.1) is 6.04 Å². The minimum absolute atomic E-state index is 0.0837. The number of nitrogens with zero attached hydrogens (tertiary/aromatic N) is 3. The summed E-state index contributed by atoms with van der Waals surface area (Å²) in [7, 11) is 0. The second-order valence-corrected chi connectivity index (χ2v) is 12.5. The third-order valence-corrected chi connectivity index (χ3v) is 10.0. The number of piperidine rings is 1. The van der Waals surface area contributed by atoms with Crippen LogP contribution in [0.5, 0.6) is 0 Å². The Labute approximate surface area is 220 Å². The fourth-order valence-corrected chi connectivity index (χ4v) is 7.52. The molecule has 2 unspecified atom stereocenters. The standard InChI is InChI=1S/C30H43FN4O2/c1-19-23(15-26(21-2-3-21)29(33-19)22-4-6-24(31)7-5-22)17-34-11-8-25(9-12-34)35-13-10-28-27(30(35)37)14-20(18-36)16-32-28/h4,18-21,23-26,32H,2-3,5-17H2,1H3/t19?,20?,23-,24-,26+/m0/s1. The molecule has 2 aliphatic carbocycles.